The first kappa shape index (κ1) is 17.3. The third-order valence-electron chi connectivity index (χ3n) is 5.21. The molecule has 0 bridgehead atoms. The van der Waals surface area contributed by atoms with E-state index in [9.17, 15) is 9.59 Å². The summed E-state index contributed by atoms with van der Waals surface area (Å²) < 4.78 is 0. The first-order valence-electron chi connectivity index (χ1n) is 8.99. The number of nitrogens with one attached hydrogen (secondary N) is 1. The van der Waals surface area contributed by atoms with Crippen molar-refractivity contribution < 1.29 is 9.59 Å². The van der Waals surface area contributed by atoms with Gasteiger partial charge in [0.2, 0.25) is 5.91 Å². The number of amides is 2. The Balaban J connectivity index is 1.49. The number of likely N-dealkylation sites (tertiary alicyclic amines) is 1. The molecule has 1 saturated heterocycles. The Labute approximate surface area is 148 Å². The summed E-state index contributed by atoms with van der Waals surface area (Å²) in [6, 6.07) is 7.35. The van der Waals surface area contributed by atoms with E-state index in [-0.39, 0.29) is 23.8 Å². The number of nitrogens with zero attached hydrogens (tertiary/aromatic N) is 1. The van der Waals surface area contributed by atoms with E-state index >= 15 is 0 Å². The molecule has 1 aliphatic heterocycles. The normalized spacial score (nSPS) is 20.0. The predicted octanol–water partition coefficient (Wildman–Crippen LogP) is 3.64. The first-order chi connectivity index (χ1) is 11.6. The highest BCUT2D eigenvalue weighted by Gasteiger charge is 2.28. The van der Waals surface area contributed by atoms with Gasteiger partial charge in [0, 0.05) is 25.0 Å². The van der Waals surface area contributed by atoms with Crippen molar-refractivity contribution in [1.29, 1.82) is 0 Å². The lowest BCUT2D eigenvalue weighted by Crippen LogP contribution is -2.48. The van der Waals surface area contributed by atoms with E-state index < -0.39 is 0 Å². The summed E-state index contributed by atoms with van der Waals surface area (Å²) in [6.45, 7) is 1.33. The van der Waals surface area contributed by atoms with Crippen molar-refractivity contribution in [1.82, 2.24) is 10.2 Å². The van der Waals surface area contributed by atoms with Crippen molar-refractivity contribution in [3.05, 3.63) is 34.9 Å². The summed E-state index contributed by atoms with van der Waals surface area (Å²) in [4.78, 5) is 26.7. The van der Waals surface area contributed by atoms with Gasteiger partial charge in [0.15, 0.2) is 0 Å². The fourth-order valence-electron chi connectivity index (χ4n) is 3.72. The van der Waals surface area contributed by atoms with Crippen LogP contribution in [0, 0.1) is 5.92 Å². The molecule has 1 heterocycles. The Kier molecular flexibility index (Phi) is 5.77. The van der Waals surface area contributed by atoms with Crippen LogP contribution in [-0.2, 0) is 4.79 Å². The van der Waals surface area contributed by atoms with E-state index in [1.54, 1.807) is 12.1 Å². The van der Waals surface area contributed by atoms with Crippen LogP contribution >= 0.6 is 11.6 Å². The van der Waals surface area contributed by atoms with Gasteiger partial charge in [0.1, 0.15) is 0 Å². The van der Waals surface area contributed by atoms with E-state index in [0.29, 0.717) is 23.7 Å². The highest BCUT2D eigenvalue weighted by Crippen LogP contribution is 2.25. The van der Waals surface area contributed by atoms with Gasteiger partial charge in [-0.1, -0.05) is 43.0 Å². The van der Waals surface area contributed by atoms with Crippen LogP contribution in [0.25, 0.3) is 0 Å². The van der Waals surface area contributed by atoms with Gasteiger partial charge in [0.05, 0.1) is 10.6 Å². The summed E-state index contributed by atoms with van der Waals surface area (Å²) in [5, 5.41) is 3.69. The molecule has 0 unspecified atom stereocenters. The maximum atomic E-state index is 12.6. The smallest absolute Gasteiger partial charge is 0.255 e. The number of rotatable bonds is 3. The van der Waals surface area contributed by atoms with Gasteiger partial charge < -0.3 is 10.2 Å². The summed E-state index contributed by atoms with van der Waals surface area (Å²) in [6.07, 6.45) is 7.27. The minimum atomic E-state index is -0.0161. The lowest BCUT2D eigenvalue weighted by Gasteiger charge is -2.33. The number of benzene rings is 1. The molecule has 4 nitrogen and oxygen atoms in total. The molecular weight excluding hydrogens is 324 g/mol. The SMILES string of the molecule is O=C(NC1CCN(C(=O)c2ccccc2Cl)CC1)C1CCCCC1. The van der Waals surface area contributed by atoms with Crippen LogP contribution in [0.3, 0.4) is 0 Å². The molecule has 2 fully saturated rings. The molecule has 0 spiro atoms. The lowest BCUT2D eigenvalue weighted by atomic mass is 9.88. The first-order valence-corrected chi connectivity index (χ1v) is 9.37. The molecule has 2 aliphatic rings. The van der Waals surface area contributed by atoms with Crippen LogP contribution in [0.2, 0.25) is 5.02 Å². The second-order valence-corrected chi connectivity index (χ2v) is 7.30. The van der Waals surface area contributed by atoms with Crippen LogP contribution in [0.15, 0.2) is 24.3 Å². The van der Waals surface area contributed by atoms with Crippen LogP contribution in [0.5, 0.6) is 0 Å². The summed E-state index contributed by atoms with van der Waals surface area (Å²) in [7, 11) is 0. The van der Waals surface area contributed by atoms with E-state index in [1.165, 1.54) is 19.3 Å². The average molecular weight is 349 g/mol. The zero-order valence-corrected chi connectivity index (χ0v) is 14.7. The molecule has 130 valence electrons. The monoisotopic (exact) mass is 348 g/mol. The summed E-state index contributed by atoms with van der Waals surface area (Å²) in [5.74, 6) is 0.393. The zero-order valence-electron chi connectivity index (χ0n) is 14.0. The lowest BCUT2D eigenvalue weighted by molar-refractivity contribution is -0.126. The quantitative estimate of drug-likeness (QED) is 0.906. The molecule has 5 heteroatoms. The van der Waals surface area contributed by atoms with E-state index in [4.69, 9.17) is 11.6 Å². The van der Waals surface area contributed by atoms with Gasteiger partial charge in [-0.15, -0.1) is 0 Å². The van der Waals surface area contributed by atoms with Crippen LogP contribution in [0.4, 0.5) is 0 Å². The number of carbonyl (C=O) groups is 2. The molecule has 0 aromatic heterocycles. The highest BCUT2D eigenvalue weighted by atomic mass is 35.5. The molecule has 1 aromatic carbocycles. The van der Waals surface area contributed by atoms with Gasteiger partial charge in [-0.3, -0.25) is 9.59 Å². The van der Waals surface area contributed by atoms with Crippen molar-refractivity contribution in [2.45, 2.75) is 51.0 Å². The molecule has 1 N–H and O–H groups in total. The van der Waals surface area contributed by atoms with Gasteiger partial charge in [0.25, 0.3) is 5.91 Å². The Bertz CT molecular complexity index is 591. The molecule has 24 heavy (non-hydrogen) atoms. The Hall–Kier alpha value is -1.55. The van der Waals surface area contributed by atoms with E-state index in [0.717, 1.165) is 25.7 Å². The maximum Gasteiger partial charge on any atom is 0.255 e. The maximum absolute atomic E-state index is 12.6. The second kappa shape index (κ2) is 8.02. The van der Waals surface area contributed by atoms with Crippen molar-refractivity contribution in [2.24, 2.45) is 5.92 Å². The number of carbonyl (C=O) groups excluding carboxylic acids is 2. The summed E-state index contributed by atoms with van der Waals surface area (Å²) >= 11 is 6.12. The topological polar surface area (TPSA) is 49.4 Å². The molecule has 3 rings (SSSR count). The number of piperidine rings is 1. The highest BCUT2D eigenvalue weighted by molar-refractivity contribution is 6.33. The van der Waals surface area contributed by atoms with Crippen molar-refractivity contribution >= 4 is 23.4 Å². The molecule has 1 aliphatic carbocycles. The number of hydrogen-bond acceptors (Lipinski definition) is 2. The molecule has 0 radical (unpaired) electrons. The van der Waals surface area contributed by atoms with Crippen molar-refractivity contribution in [2.75, 3.05) is 13.1 Å². The molecule has 0 atom stereocenters. The van der Waals surface area contributed by atoms with Crippen LogP contribution in [-0.4, -0.2) is 35.8 Å². The number of hydrogen-bond donors (Lipinski definition) is 1. The second-order valence-electron chi connectivity index (χ2n) is 6.89. The fraction of sp³-hybridized carbons (Fsp3) is 0.579. The van der Waals surface area contributed by atoms with E-state index in [1.807, 2.05) is 17.0 Å². The van der Waals surface area contributed by atoms with Crippen LogP contribution in [0.1, 0.15) is 55.3 Å². The zero-order chi connectivity index (χ0) is 16.9. The van der Waals surface area contributed by atoms with Crippen molar-refractivity contribution in [3.8, 4) is 0 Å². The number of halogens is 1. The molecular formula is C19H25ClN2O2. The van der Waals surface area contributed by atoms with Gasteiger partial charge in [-0.05, 0) is 37.8 Å². The Morgan fingerprint density at radius 2 is 1.67 bits per heavy atom. The predicted molar refractivity (Wildman–Crippen MR) is 95.1 cm³/mol. The Morgan fingerprint density at radius 1 is 1.00 bits per heavy atom. The standard InChI is InChI=1S/C19H25ClN2O2/c20-17-9-5-4-8-16(17)19(24)22-12-10-15(11-13-22)21-18(23)14-6-2-1-3-7-14/h4-5,8-9,14-15H,1-3,6-7,10-13H2,(H,21,23). The largest absolute Gasteiger partial charge is 0.353 e. The average Bonchev–Trinajstić information content (AvgIpc) is 2.63. The molecule has 1 saturated carbocycles. The van der Waals surface area contributed by atoms with E-state index in [2.05, 4.69) is 5.32 Å². The minimum Gasteiger partial charge on any atom is -0.353 e. The third-order valence-corrected chi connectivity index (χ3v) is 5.54. The molecule has 2 amide bonds. The summed E-state index contributed by atoms with van der Waals surface area (Å²) in [5.41, 5.74) is 0.559. The molecule has 1 aromatic rings. The fourth-order valence-corrected chi connectivity index (χ4v) is 3.93. The third kappa shape index (κ3) is 4.10. The van der Waals surface area contributed by atoms with Gasteiger partial charge in [-0.25, -0.2) is 0 Å². The van der Waals surface area contributed by atoms with Gasteiger partial charge in [-0.2, -0.15) is 0 Å². The van der Waals surface area contributed by atoms with Crippen molar-refractivity contribution in [3.63, 3.8) is 0 Å². The Morgan fingerprint density at radius 3 is 2.33 bits per heavy atom. The van der Waals surface area contributed by atoms with Gasteiger partial charge >= 0.3 is 0 Å². The minimum absolute atomic E-state index is 0.0161. The van der Waals surface area contributed by atoms with Crippen LogP contribution < -0.4 is 5.32 Å².